The molecule has 0 atom stereocenters. The van der Waals surface area contributed by atoms with Gasteiger partial charge in [-0.2, -0.15) is 0 Å². The number of rotatable bonds is 5. The van der Waals surface area contributed by atoms with Crippen molar-refractivity contribution in [2.45, 2.75) is 60.1 Å². The van der Waals surface area contributed by atoms with Gasteiger partial charge in [-0.25, -0.2) is 0 Å². The van der Waals surface area contributed by atoms with Crippen LogP contribution >= 0.6 is 0 Å². The van der Waals surface area contributed by atoms with Gasteiger partial charge < -0.3 is 4.23 Å². The predicted molar refractivity (Wildman–Crippen MR) is 85.5 cm³/mol. The van der Waals surface area contributed by atoms with Crippen LogP contribution in [-0.2, 0) is 0 Å². The predicted octanol–water partition coefficient (Wildman–Crippen LogP) is 4.72. The smallest absolute Gasteiger partial charge is 0.112 e. The summed E-state index contributed by atoms with van der Waals surface area (Å²) in [5.74, 6) is 0.595. The summed E-state index contributed by atoms with van der Waals surface area (Å²) in [6, 6.07) is 0. The lowest BCUT2D eigenvalue weighted by Gasteiger charge is -2.43. The lowest BCUT2D eigenvalue weighted by atomic mass is 10.2. The van der Waals surface area contributed by atoms with Crippen LogP contribution in [0.2, 0.25) is 39.3 Å². The van der Waals surface area contributed by atoms with Crippen molar-refractivity contribution in [3.05, 3.63) is 17.4 Å². The topological polar surface area (TPSA) is 3.24 Å². The van der Waals surface area contributed by atoms with Crippen LogP contribution in [0.5, 0.6) is 0 Å². The van der Waals surface area contributed by atoms with Crippen molar-refractivity contribution in [1.82, 2.24) is 4.23 Å². The fourth-order valence-corrected chi connectivity index (χ4v) is 11.5. The van der Waals surface area contributed by atoms with E-state index in [1.54, 1.807) is 0 Å². The van der Waals surface area contributed by atoms with Gasteiger partial charge in [-0.3, -0.25) is 0 Å². The van der Waals surface area contributed by atoms with Gasteiger partial charge in [-0.15, -0.1) is 5.73 Å². The molecule has 0 aliphatic heterocycles. The summed E-state index contributed by atoms with van der Waals surface area (Å²) >= 11 is 0. The molecule has 0 aliphatic rings. The average molecular weight is 270 g/mol. The van der Waals surface area contributed by atoms with Crippen LogP contribution in [0.1, 0.15) is 20.8 Å². The SMILES string of the molecule is CC(=C=CC(C)C)CN([Si](C)(C)C)[Si](C)(C)C. The standard InChI is InChI=1S/C14H31NSi2/c1-13(2)10-11-14(3)12-15(16(4,5)6)17(7,8)9/h10,13H,12H2,1-9H3. The third kappa shape index (κ3) is 7.04. The van der Waals surface area contributed by atoms with Crippen LogP contribution in [-0.4, -0.2) is 27.2 Å². The highest BCUT2D eigenvalue weighted by Crippen LogP contribution is 2.20. The maximum atomic E-state index is 3.45. The molecule has 0 heterocycles. The van der Waals surface area contributed by atoms with E-state index >= 15 is 0 Å². The monoisotopic (exact) mass is 269 g/mol. The highest BCUT2D eigenvalue weighted by molar-refractivity contribution is 6.89. The van der Waals surface area contributed by atoms with Gasteiger partial charge in [0.05, 0.1) is 0 Å². The van der Waals surface area contributed by atoms with Gasteiger partial charge in [-0.05, 0) is 24.5 Å². The molecule has 3 heteroatoms. The van der Waals surface area contributed by atoms with E-state index in [2.05, 4.69) is 76.1 Å². The molecule has 100 valence electrons. The zero-order valence-corrected chi connectivity index (χ0v) is 15.3. The van der Waals surface area contributed by atoms with Gasteiger partial charge in [0.15, 0.2) is 0 Å². The van der Waals surface area contributed by atoms with Crippen molar-refractivity contribution in [3.8, 4) is 0 Å². The molecule has 0 saturated heterocycles. The maximum Gasteiger partial charge on any atom is 0.112 e. The van der Waals surface area contributed by atoms with E-state index in [9.17, 15) is 0 Å². The molecule has 0 fully saturated rings. The molecule has 17 heavy (non-hydrogen) atoms. The Bertz CT molecular complexity index is 285. The maximum absolute atomic E-state index is 3.45. The van der Waals surface area contributed by atoms with Gasteiger partial charge >= 0.3 is 0 Å². The van der Waals surface area contributed by atoms with Crippen LogP contribution in [0.15, 0.2) is 17.4 Å². The van der Waals surface area contributed by atoms with Gasteiger partial charge in [0, 0.05) is 6.54 Å². The van der Waals surface area contributed by atoms with Crippen LogP contribution in [0.25, 0.3) is 0 Å². The molecule has 0 radical (unpaired) electrons. The third-order valence-corrected chi connectivity index (χ3v) is 10.3. The van der Waals surface area contributed by atoms with Crippen LogP contribution in [0, 0.1) is 5.92 Å². The molecule has 0 rings (SSSR count). The van der Waals surface area contributed by atoms with Gasteiger partial charge in [-0.1, -0.05) is 53.1 Å². The molecule has 0 aromatic rings. The van der Waals surface area contributed by atoms with Gasteiger partial charge in [0.2, 0.25) is 0 Å². The Labute approximate surface area is 111 Å². The first kappa shape index (κ1) is 16.9. The minimum atomic E-state index is -1.22. The average Bonchev–Trinajstić information content (AvgIpc) is 2.07. The lowest BCUT2D eigenvalue weighted by molar-refractivity contribution is 0.666. The first-order valence-corrected chi connectivity index (χ1v) is 13.5. The molecule has 0 aromatic carbocycles. The minimum Gasteiger partial charge on any atom is -0.342 e. The van der Waals surface area contributed by atoms with E-state index in [-0.39, 0.29) is 0 Å². The lowest BCUT2D eigenvalue weighted by Crippen LogP contribution is -2.59. The third-order valence-electron chi connectivity index (χ3n) is 2.68. The second-order valence-electron chi connectivity index (χ2n) is 7.26. The molecular weight excluding hydrogens is 238 g/mol. The Morgan fingerprint density at radius 1 is 1.06 bits per heavy atom. The van der Waals surface area contributed by atoms with Crippen molar-refractivity contribution >= 4 is 16.5 Å². The van der Waals surface area contributed by atoms with Crippen molar-refractivity contribution < 1.29 is 0 Å². The number of hydrogen-bond donors (Lipinski definition) is 0. The first-order valence-electron chi connectivity index (χ1n) is 6.64. The summed E-state index contributed by atoms with van der Waals surface area (Å²) < 4.78 is 2.80. The van der Waals surface area contributed by atoms with Crippen molar-refractivity contribution in [2.24, 2.45) is 5.92 Å². The molecule has 0 unspecified atom stereocenters. The number of hydrogen-bond acceptors (Lipinski definition) is 1. The van der Waals surface area contributed by atoms with Crippen LogP contribution < -0.4 is 0 Å². The van der Waals surface area contributed by atoms with Crippen LogP contribution in [0.4, 0.5) is 0 Å². The Kier molecular flexibility index (Phi) is 6.16. The molecule has 0 N–H and O–H groups in total. The van der Waals surface area contributed by atoms with Crippen molar-refractivity contribution in [1.29, 1.82) is 0 Å². The molecule has 0 spiro atoms. The summed E-state index contributed by atoms with van der Waals surface area (Å²) in [5.41, 5.74) is 4.83. The quantitative estimate of drug-likeness (QED) is 0.516. The molecule has 0 aliphatic carbocycles. The van der Waals surface area contributed by atoms with E-state index in [4.69, 9.17) is 0 Å². The van der Waals surface area contributed by atoms with Gasteiger partial charge in [0.1, 0.15) is 16.5 Å². The Morgan fingerprint density at radius 2 is 1.47 bits per heavy atom. The van der Waals surface area contributed by atoms with Crippen LogP contribution in [0.3, 0.4) is 0 Å². The molecule has 1 nitrogen and oxygen atoms in total. The Morgan fingerprint density at radius 3 is 1.76 bits per heavy atom. The summed E-state index contributed by atoms with van der Waals surface area (Å²) in [4.78, 5) is 0. The fourth-order valence-electron chi connectivity index (χ4n) is 2.07. The van der Waals surface area contributed by atoms with Crippen molar-refractivity contribution in [3.63, 3.8) is 0 Å². The zero-order chi connectivity index (χ0) is 13.9. The van der Waals surface area contributed by atoms with E-state index < -0.39 is 16.5 Å². The molecule has 0 aromatic heterocycles. The number of nitrogens with zero attached hydrogens (tertiary/aromatic N) is 1. The first-order chi connectivity index (χ1) is 7.44. The molecule has 0 bridgehead atoms. The van der Waals surface area contributed by atoms with Gasteiger partial charge in [0.25, 0.3) is 0 Å². The van der Waals surface area contributed by atoms with Crippen molar-refractivity contribution in [2.75, 3.05) is 6.54 Å². The second-order valence-corrected chi connectivity index (χ2v) is 17.5. The summed E-state index contributed by atoms with van der Waals surface area (Å²) in [5, 5.41) is 0. The summed E-state index contributed by atoms with van der Waals surface area (Å²) in [6.07, 6.45) is 2.18. The minimum absolute atomic E-state index is 0.595. The summed E-state index contributed by atoms with van der Waals surface area (Å²) in [6.45, 7) is 22.4. The van der Waals surface area contributed by atoms with E-state index in [0.29, 0.717) is 5.92 Å². The van der Waals surface area contributed by atoms with E-state index in [1.165, 1.54) is 5.57 Å². The second kappa shape index (κ2) is 6.19. The molecule has 0 saturated carbocycles. The van der Waals surface area contributed by atoms with E-state index in [0.717, 1.165) is 6.54 Å². The zero-order valence-electron chi connectivity index (χ0n) is 13.3. The Hall–Kier alpha value is -0.0862. The molecular formula is C14H31NSi2. The highest BCUT2D eigenvalue weighted by atomic mass is 28.4. The summed E-state index contributed by atoms with van der Waals surface area (Å²) in [7, 11) is -2.44. The highest BCUT2D eigenvalue weighted by Gasteiger charge is 2.33. The molecule has 0 amide bonds. The fraction of sp³-hybridized carbons (Fsp3) is 0.786. The Balaban J connectivity index is 4.98. The normalized spacial score (nSPS) is 12.9. The largest absolute Gasteiger partial charge is 0.342 e. The van der Waals surface area contributed by atoms with E-state index in [1.807, 2.05) is 0 Å².